The second-order valence-electron chi connectivity index (χ2n) is 7.54. The van der Waals surface area contributed by atoms with E-state index in [-0.39, 0.29) is 5.56 Å². The van der Waals surface area contributed by atoms with E-state index in [2.05, 4.69) is 36.3 Å². The van der Waals surface area contributed by atoms with E-state index in [1.165, 1.54) is 6.07 Å². The zero-order valence-electron chi connectivity index (χ0n) is 17.5. The van der Waals surface area contributed by atoms with Gasteiger partial charge in [0.2, 0.25) is 0 Å². The maximum atomic E-state index is 12.7. The van der Waals surface area contributed by atoms with Gasteiger partial charge in [0.25, 0.3) is 5.91 Å². The average molecular weight is 507 g/mol. The molecule has 0 radical (unpaired) electrons. The molecular weight excluding hydrogens is 488 g/mol. The largest absolute Gasteiger partial charge is 0.422 e. The van der Waals surface area contributed by atoms with Gasteiger partial charge in [-0.1, -0.05) is 28.1 Å². The third kappa shape index (κ3) is 4.64. The number of amides is 1. The first-order valence-electron chi connectivity index (χ1n) is 10.4. The number of ether oxygens (including phenoxy) is 1. The fourth-order valence-electron chi connectivity index (χ4n) is 3.62. The third-order valence-electron chi connectivity index (χ3n) is 5.36. The van der Waals surface area contributed by atoms with Gasteiger partial charge >= 0.3 is 5.63 Å². The van der Waals surface area contributed by atoms with Crippen LogP contribution in [0.4, 0.5) is 11.5 Å². The number of carbonyl (C=O) groups is 1. The van der Waals surface area contributed by atoms with Crippen molar-refractivity contribution in [3.63, 3.8) is 0 Å². The summed E-state index contributed by atoms with van der Waals surface area (Å²) in [5, 5.41) is 12.1. The van der Waals surface area contributed by atoms with Crippen LogP contribution in [0.25, 0.3) is 22.2 Å². The summed E-state index contributed by atoms with van der Waals surface area (Å²) in [5.41, 5.74) is 1.82. The normalized spacial score (nSPS) is 13.8. The molecule has 4 aromatic rings. The molecular formula is C24H19BrN4O4. The van der Waals surface area contributed by atoms with Crippen molar-refractivity contribution in [2.24, 2.45) is 0 Å². The highest BCUT2D eigenvalue weighted by Crippen LogP contribution is 2.22. The summed E-state index contributed by atoms with van der Waals surface area (Å²) < 4.78 is 11.5. The summed E-state index contributed by atoms with van der Waals surface area (Å²) in [6.45, 7) is 2.98. The molecule has 1 saturated heterocycles. The van der Waals surface area contributed by atoms with Crippen LogP contribution in [0.3, 0.4) is 0 Å². The Morgan fingerprint density at radius 1 is 0.970 bits per heavy atom. The summed E-state index contributed by atoms with van der Waals surface area (Å²) in [6, 6.07) is 17.8. The minimum atomic E-state index is -0.686. The van der Waals surface area contributed by atoms with Crippen LogP contribution in [0.1, 0.15) is 10.4 Å². The Bertz CT molecular complexity index is 1360. The Kier molecular flexibility index (Phi) is 5.89. The lowest BCUT2D eigenvalue weighted by Gasteiger charge is -2.27. The SMILES string of the molecule is O=C(Nc1ccc(-c2ccc(N3CCOCC3)nn2)cc1)c1cc2cc(Br)ccc2oc1=O. The molecule has 3 heterocycles. The summed E-state index contributed by atoms with van der Waals surface area (Å²) in [6.07, 6.45) is 0. The molecule has 0 aliphatic carbocycles. The van der Waals surface area contributed by atoms with Gasteiger partial charge in [0, 0.05) is 34.2 Å². The molecule has 9 heteroatoms. The van der Waals surface area contributed by atoms with Crippen LogP contribution < -0.4 is 15.8 Å². The van der Waals surface area contributed by atoms with Crippen LogP contribution in [-0.2, 0) is 4.74 Å². The molecule has 0 spiro atoms. The number of anilines is 2. The smallest absolute Gasteiger partial charge is 0.349 e. The molecule has 33 heavy (non-hydrogen) atoms. The number of nitrogens with one attached hydrogen (secondary N) is 1. The van der Waals surface area contributed by atoms with Gasteiger partial charge in [0.1, 0.15) is 11.1 Å². The number of benzene rings is 2. The lowest BCUT2D eigenvalue weighted by atomic mass is 10.1. The van der Waals surface area contributed by atoms with Gasteiger partial charge in [-0.15, -0.1) is 10.2 Å². The van der Waals surface area contributed by atoms with Crippen molar-refractivity contribution < 1.29 is 13.9 Å². The fraction of sp³-hybridized carbons (Fsp3) is 0.167. The van der Waals surface area contributed by atoms with Gasteiger partial charge in [0.15, 0.2) is 5.82 Å². The van der Waals surface area contributed by atoms with Crippen LogP contribution in [0, 0.1) is 0 Å². The van der Waals surface area contributed by atoms with E-state index in [1.54, 1.807) is 30.3 Å². The Labute approximate surface area is 197 Å². The van der Waals surface area contributed by atoms with E-state index >= 15 is 0 Å². The molecule has 1 aliphatic heterocycles. The van der Waals surface area contributed by atoms with Gasteiger partial charge in [-0.05, 0) is 48.5 Å². The Balaban J connectivity index is 1.31. The third-order valence-corrected chi connectivity index (χ3v) is 5.86. The van der Waals surface area contributed by atoms with Crippen LogP contribution in [0.15, 0.2) is 74.3 Å². The molecule has 0 unspecified atom stereocenters. The second-order valence-corrected chi connectivity index (χ2v) is 8.45. The molecule has 0 atom stereocenters. The van der Waals surface area contributed by atoms with Gasteiger partial charge in [-0.3, -0.25) is 4.79 Å². The average Bonchev–Trinajstić information content (AvgIpc) is 2.85. The number of rotatable bonds is 4. The molecule has 1 N–H and O–H groups in total. The molecule has 2 aromatic carbocycles. The minimum Gasteiger partial charge on any atom is -0.422 e. The van der Waals surface area contributed by atoms with Crippen LogP contribution in [-0.4, -0.2) is 42.4 Å². The zero-order valence-corrected chi connectivity index (χ0v) is 19.0. The lowest BCUT2D eigenvalue weighted by molar-refractivity contribution is 0.102. The first kappa shape index (κ1) is 21.3. The molecule has 0 saturated carbocycles. The molecule has 1 fully saturated rings. The molecule has 1 amide bonds. The Morgan fingerprint density at radius 3 is 2.48 bits per heavy atom. The number of morpholine rings is 1. The molecule has 1 aliphatic rings. The standard InChI is InChI=1S/C24H19BrN4O4/c25-17-3-7-21-16(13-17)14-19(24(31)33-21)23(30)26-18-4-1-15(2-5-18)20-6-8-22(28-27-20)29-9-11-32-12-10-29/h1-8,13-14H,9-12H2,(H,26,30). The quantitative estimate of drug-likeness (QED) is 0.416. The van der Waals surface area contributed by atoms with Crippen molar-refractivity contribution in [1.82, 2.24) is 10.2 Å². The van der Waals surface area contributed by atoms with Crippen molar-refractivity contribution in [3.05, 3.63) is 81.1 Å². The number of halogens is 1. The van der Waals surface area contributed by atoms with E-state index in [4.69, 9.17) is 9.15 Å². The predicted octanol–water partition coefficient (Wildman–Crippen LogP) is 4.10. The highest BCUT2D eigenvalue weighted by molar-refractivity contribution is 9.10. The molecule has 8 nitrogen and oxygen atoms in total. The summed E-state index contributed by atoms with van der Waals surface area (Å²) in [5.74, 6) is 0.292. The fourth-order valence-corrected chi connectivity index (χ4v) is 3.99. The number of aromatic nitrogens is 2. The maximum Gasteiger partial charge on any atom is 0.349 e. The van der Waals surface area contributed by atoms with Crippen molar-refractivity contribution in [2.75, 3.05) is 36.5 Å². The van der Waals surface area contributed by atoms with E-state index < -0.39 is 11.5 Å². The number of nitrogens with zero attached hydrogens (tertiary/aromatic N) is 3. The van der Waals surface area contributed by atoms with Crippen LogP contribution in [0.5, 0.6) is 0 Å². The van der Waals surface area contributed by atoms with Crippen LogP contribution in [0.2, 0.25) is 0 Å². The zero-order chi connectivity index (χ0) is 22.8. The monoisotopic (exact) mass is 506 g/mol. The summed E-state index contributed by atoms with van der Waals surface area (Å²) >= 11 is 3.38. The van der Waals surface area contributed by atoms with Crippen molar-refractivity contribution in [1.29, 1.82) is 0 Å². The maximum absolute atomic E-state index is 12.7. The van der Waals surface area contributed by atoms with Crippen molar-refractivity contribution >= 4 is 44.3 Å². The highest BCUT2D eigenvalue weighted by Gasteiger charge is 2.15. The minimum absolute atomic E-state index is 0.0609. The van der Waals surface area contributed by atoms with Crippen LogP contribution >= 0.6 is 15.9 Å². The molecule has 0 bridgehead atoms. The van der Waals surface area contributed by atoms with E-state index in [9.17, 15) is 9.59 Å². The number of fused-ring (bicyclic) bond motifs is 1. The van der Waals surface area contributed by atoms with E-state index in [1.807, 2.05) is 24.3 Å². The molecule has 5 rings (SSSR count). The first-order chi connectivity index (χ1) is 16.1. The first-order valence-corrected chi connectivity index (χ1v) is 11.2. The van der Waals surface area contributed by atoms with E-state index in [0.717, 1.165) is 34.6 Å². The Morgan fingerprint density at radius 2 is 1.76 bits per heavy atom. The summed E-state index contributed by atoms with van der Waals surface area (Å²) in [7, 11) is 0. The highest BCUT2D eigenvalue weighted by atomic mass is 79.9. The molecule has 166 valence electrons. The second kappa shape index (κ2) is 9.13. The van der Waals surface area contributed by atoms with Gasteiger partial charge in [-0.25, -0.2) is 4.79 Å². The molecule has 2 aromatic heterocycles. The number of hydrogen-bond donors (Lipinski definition) is 1. The number of carbonyl (C=O) groups excluding carboxylic acids is 1. The summed E-state index contributed by atoms with van der Waals surface area (Å²) in [4.78, 5) is 27.1. The van der Waals surface area contributed by atoms with E-state index in [0.29, 0.717) is 29.9 Å². The van der Waals surface area contributed by atoms with Gasteiger partial charge in [0.05, 0.1) is 18.9 Å². The topological polar surface area (TPSA) is 97.6 Å². The van der Waals surface area contributed by atoms with Gasteiger partial charge in [-0.2, -0.15) is 0 Å². The van der Waals surface area contributed by atoms with Gasteiger partial charge < -0.3 is 19.4 Å². The predicted molar refractivity (Wildman–Crippen MR) is 129 cm³/mol. The Hall–Kier alpha value is -3.56. The lowest BCUT2D eigenvalue weighted by Crippen LogP contribution is -2.36. The van der Waals surface area contributed by atoms with Crippen molar-refractivity contribution in [2.45, 2.75) is 0 Å². The number of hydrogen-bond acceptors (Lipinski definition) is 7. The van der Waals surface area contributed by atoms with Crippen molar-refractivity contribution in [3.8, 4) is 11.3 Å².